The zero-order valence-electron chi connectivity index (χ0n) is 24.8. The molecule has 0 saturated heterocycles. The van der Waals surface area contributed by atoms with E-state index in [4.69, 9.17) is 23.7 Å². The topological polar surface area (TPSA) is 69.7 Å². The van der Waals surface area contributed by atoms with Gasteiger partial charge in [-0.25, -0.2) is 4.79 Å². The molecule has 4 rings (SSSR count). The van der Waals surface area contributed by atoms with Crippen LogP contribution in [0.1, 0.15) is 56.1 Å². The van der Waals surface area contributed by atoms with Crippen LogP contribution >= 0.6 is 0 Å². The molecule has 0 aromatic heterocycles. The number of nitrogens with zero attached hydrogens (tertiary/aromatic N) is 2. The molecule has 0 radical (unpaired) electrons. The van der Waals surface area contributed by atoms with E-state index in [0.29, 0.717) is 19.1 Å². The van der Waals surface area contributed by atoms with E-state index in [2.05, 4.69) is 35.2 Å². The number of hydrogen-bond acceptors (Lipinski definition) is 7. The second-order valence-corrected chi connectivity index (χ2v) is 11.2. The van der Waals surface area contributed by atoms with E-state index in [1.165, 1.54) is 10.5 Å². The van der Waals surface area contributed by atoms with Crippen molar-refractivity contribution in [1.82, 2.24) is 4.90 Å². The third kappa shape index (κ3) is 8.04. The van der Waals surface area contributed by atoms with Gasteiger partial charge in [0.05, 0.1) is 32.1 Å². The van der Waals surface area contributed by atoms with E-state index in [1.807, 2.05) is 19.1 Å². The van der Waals surface area contributed by atoms with Gasteiger partial charge in [0.1, 0.15) is 24.2 Å². The first-order valence-electron chi connectivity index (χ1n) is 14.5. The maximum absolute atomic E-state index is 12.0. The molecule has 0 unspecified atom stereocenters. The van der Waals surface area contributed by atoms with Crippen molar-refractivity contribution in [3.05, 3.63) is 53.6 Å². The van der Waals surface area contributed by atoms with Gasteiger partial charge in [-0.05, 0) is 80.3 Å². The first-order chi connectivity index (χ1) is 19.4. The van der Waals surface area contributed by atoms with E-state index in [9.17, 15) is 4.79 Å². The van der Waals surface area contributed by atoms with E-state index in [0.717, 1.165) is 74.6 Å². The van der Waals surface area contributed by atoms with Crippen molar-refractivity contribution in [1.29, 1.82) is 0 Å². The lowest BCUT2D eigenvalue weighted by Crippen LogP contribution is -2.34. The molecule has 1 fully saturated rings. The van der Waals surface area contributed by atoms with Crippen molar-refractivity contribution in [2.24, 2.45) is 5.92 Å². The van der Waals surface area contributed by atoms with Crippen molar-refractivity contribution >= 4 is 11.8 Å². The zero-order chi connectivity index (χ0) is 28.5. The molecular formula is C32H46N2O6. The number of rotatable bonds is 12. The maximum atomic E-state index is 12.0. The van der Waals surface area contributed by atoms with Crippen molar-refractivity contribution in [3.63, 3.8) is 0 Å². The van der Waals surface area contributed by atoms with E-state index >= 15 is 0 Å². The van der Waals surface area contributed by atoms with Gasteiger partial charge in [-0.3, -0.25) is 0 Å². The minimum atomic E-state index is -0.288. The molecule has 0 spiro atoms. The van der Waals surface area contributed by atoms with Crippen LogP contribution in [0, 0.1) is 5.92 Å². The summed E-state index contributed by atoms with van der Waals surface area (Å²) in [5, 5.41) is 0. The largest absolute Gasteiger partial charge is 0.497 e. The van der Waals surface area contributed by atoms with Crippen LogP contribution in [0.3, 0.4) is 0 Å². The van der Waals surface area contributed by atoms with Gasteiger partial charge < -0.3 is 33.5 Å². The third-order valence-corrected chi connectivity index (χ3v) is 8.00. The van der Waals surface area contributed by atoms with Crippen LogP contribution in [-0.2, 0) is 20.8 Å². The monoisotopic (exact) mass is 554 g/mol. The first kappa shape index (κ1) is 30.0. The van der Waals surface area contributed by atoms with Gasteiger partial charge in [-0.1, -0.05) is 18.2 Å². The van der Waals surface area contributed by atoms with Crippen molar-refractivity contribution < 1.29 is 28.5 Å². The molecule has 1 heterocycles. The minimum absolute atomic E-state index is 0.106. The van der Waals surface area contributed by atoms with Crippen LogP contribution < -0.4 is 14.4 Å². The Bertz CT molecular complexity index is 1080. The maximum Gasteiger partial charge on any atom is 0.409 e. The number of anilines is 1. The van der Waals surface area contributed by atoms with Gasteiger partial charge in [0.15, 0.2) is 0 Å². The average molecular weight is 555 g/mol. The summed E-state index contributed by atoms with van der Waals surface area (Å²) in [5.74, 6) is 2.50. The highest BCUT2D eigenvalue weighted by atomic mass is 16.6. The van der Waals surface area contributed by atoms with E-state index < -0.39 is 0 Å². The molecule has 0 bridgehead atoms. The summed E-state index contributed by atoms with van der Waals surface area (Å²) in [6, 6.07) is 14.8. The number of ether oxygens (including phenoxy) is 5. The van der Waals surface area contributed by atoms with Crippen LogP contribution in [0.5, 0.6) is 11.5 Å². The van der Waals surface area contributed by atoms with Crippen LogP contribution in [-0.4, -0.2) is 77.8 Å². The minimum Gasteiger partial charge on any atom is -0.497 e. The number of fused-ring (bicyclic) bond motifs is 1. The van der Waals surface area contributed by atoms with Gasteiger partial charge >= 0.3 is 6.09 Å². The summed E-state index contributed by atoms with van der Waals surface area (Å²) in [5.41, 5.74) is 3.55. The molecule has 1 aliphatic heterocycles. The second kappa shape index (κ2) is 14.6. The molecule has 220 valence electrons. The van der Waals surface area contributed by atoms with Crippen LogP contribution in [0.25, 0.3) is 0 Å². The molecule has 1 saturated carbocycles. The number of carbonyl (C=O) groups is 1. The molecule has 0 N–H and O–H groups in total. The van der Waals surface area contributed by atoms with Crippen LogP contribution in [0.2, 0.25) is 0 Å². The van der Waals surface area contributed by atoms with Gasteiger partial charge in [-0.15, -0.1) is 0 Å². The number of benzene rings is 2. The van der Waals surface area contributed by atoms with Crippen molar-refractivity contribution in [3.8, 4) is 11.5 Å². The Kier molecular flexibility index (Phi) is 10.9. The van der Waals surface area contributed by atoms with Crippen molar-refractivity contribution in [2.45, 2.75) is 63.8 Å². The SMILES string of the molecule is COCCCN1CCOc2ccc(CO[C@H]3CC[C@@H](C[C@H](C)OC(=O)N(C)C)C[C@@H]3c3ccc(OC)cc3)cc21. The predicted molar refractivity (Wildman–Crippen MR) is 157 cm³/mol. The molecule has 8 nitrogen and oxygen atoms in total. The number of methoxy groups -OCH3 is 2. The molecule has 4 atom stereocenters. The normalized spacial score (nSPS) is 21.2. The fourth-order valence-electron chi connectivity index (χ4n) is 5.88. The standard InChI is InChI=1S/C32H46N2O6/c1-23(40-32(35)33(2)3)19-24-7-13-30(28(20-24)26-9-11-27(37-5)12-10-26)39-22-25-8-14-31-29(21-25)34(16-18-38-31)15-6-17-36-4/h8-12,14,21,23-24,28,30H,6-7,13,15-20,22H2,1-5H3/t23-,24-,28+,30-/m0/s1. The smallest absolute Gasteiger partial charge is 0.409 e. The lowest BCUT2D eigenvalue weighted by Gasteiger charge is -2.37. The van der Waals surface area contributed by atoms with Gasteiger partial charge in [0, 0.05) is 40.3 Å². The number of carbonyl (C=O) groups excluding carboxylic acids is 1. The van der Waals surface area contributed by atoms with Gasteiger partial charge in [-0.2, -0.15) is 0 Å². The van der Waals surface area contributed by atoms with E-state index in [-0.39, 0.29) is 24.2 Å². The molecular weight excluding hydrogens is 508 g/mol. The van der Waals surface area contributed by atoms with Gasteiger partial charge in [0.25, 0.3) is 0 Å². The highest BCUT2D eigenvalue weighted by Gasteiger charge is 2.33. The highest BCUT2D eigenvalue weighted by Crippen LogP contribution is 2.41. The highest BCUT2D eigenvalue weighted by molar-refractivity contribution is 5.66. The summed E-state index contributed by atoms with van der Waals surface area (Å²) >= 11 is 0. The lowest BCUT2D eigenvalue weighted by molar-refractivity contribution is -0.0150. The summed E-state index contributed by atoms with van der Waals surface area (Å²) in [7, 11) is 6.86. The predicted octanol–water partition coefficient (Wildman–Crippen LogP) is 5.88. The summed E-state index contributed by atoms with van der Waals surface area (Å²) in [6.45, 7) is 5.83. The quantitative estimate of drug-likeness (QED) is 0.304. The molecule has 1 aliphatic carbocycles. The fraction of sp³-hybridized carbons (Fsp3) is 0.594. The zero-order valence-corrected chi connectivity index (χ0v) is 24.8. The Hall–Kier alpha value is -2.97. The molecule has 1 amide bonds. The Morgan fingerprint density at radius 3 is 2.65 bits per heavy atom. The Labute approximate surface area is 239 Å². The van der Waals surface area contributed by atoms with Crippen molar-refractivity contribution in [2.75, 3.05) is 59.5 Å². The molecule has 2 aromatic carbocycles. The first-order valence-corrected chi connectivity index (χ1v) is 14.5. The summed E-state index contributed by atoms with van der Waals surface area (Å²) < 4.78 is 28.9. The summed E-state index contributed by atoms with van der Waals surface area (Å²) in [6.07, 6.45) is 4.53. The molecule has 2 aliphatic rings. The third-order valence-electron chi connectivity index (χ3n) is 8.00. The Morgan fingerprint density at radius 1 is 1.12 bits per heavy atom. The fourth-order valence-corrected chi connectivity index (χ4v) is 5.88. The van der Waals surface area contributed by atoms with Crippen LogP contribution in [0.4, 0.5) is 10.5 Å². The van der Waals surface area contributed by atoms with Crippen LogP contribution in [0.15, 0.2) is 42.5 Å². The Balaban J connectivity index is 1.43. The molecule has 8 heteroatoms. The Morgan fingerprint density at radius 2 is 1.93 bits per heavy atom. The number of amides is 1. The second-order valence-electron chi connectivity index (χ2n) is 11.2. The summed E-state index contributed by atoms with van der Waals surface area (Å²) in [4.78, 5) is 15.9. The lowest BCUT2D eigenvalue weighted by atomic mass is 9.74. The molecule has 2 aromatic rings. The average Bonchev–Trinajstić information content (AvgIpc) is 2.96. The van der Waals surface area contributed by atoms with Gasteiger partial charge in [0.2, 0.25) is 0 Å². The molecule has 40 heavy (non-hydrogen) atoms. The van der Waals surface area contributed by atoms with E-state index in [1.54, 1.807) is 28.3 Å². The number of hydrogen-bond donors (Lipinski definition) is 0.